The van der Waals surface area contributed by atoms with Crippen molar-refractivity contribution in [3.63, 3.8) is 0 Å². The molecule has 0 aromatic heterocycles. The van der Waals surface area contributed by atoms with Crippen LogP contribution in [0.4, 0.5) is 8.78 Å². The third-order valence-electron chi connectivity index (χ3n) is 3.76. The van der Waals surface area contributed by atoms with Crippen molar-refractivity contribution in [1.29, 1.82) is 0 Å². The summed E-state index contributed by atoms with van der Waals surface area (Å²) in [6.45, 7) is 2.61. The smallest absolute Gasteiger partial charge is 0.334 e. The van der Waals surface area contributed by atoms with Crippen molar-refractivity contribution in [1.82, 2.24) is 4.90 Å². The number of carboxylic acid groups (broad SMARTS) is 1. The summed E-state index contributed by atoms with van der Waals surface area (Å²) >= 11 is 0. The molecule has 1 unspecified atom stereocenters. The van der Waals surface area contributed by atoms with Gasteiger partial charge >= 0.3 is 5.97 Å². The van der Waals surface area contributed by atoms with E-state index >= 15 is 0 Å². The lowest BCUT2D eigenvalue weighted by Crippen LogP contribution is -2.51. The molecule has 0 spiro atoms. The Morgan fingerprint density at radius 1 is 1.40 bits per heavy atom. The van der Waals surface area contributed by atoms with E-state index in [-0.39, 0.29) is 17.2 Å². The number of carbonyl (C=O) groups excluding carboxylic acids is 1. The van der Waals surface area contributed by atoms with Gasteiger partial charge in [0.25, 0.3) is 0 Å². The molecular weight excluding hydrogens is 268 g/mol. The van der Waals surface area contributed by atoms with Gasteiger partial charge in [0.1, 0.15) is 11.6 Å². The molecule has 0 aliphatic heterocycles. The Morgan fingerprint density at radius 3 is 2.45 bits per heavy atom. The second kappa shape index (κ2) is 4.85. The van der Waals surface area contributed by atoms with Crippen molar-refractivity contribution < 1.29 is 23.5 Å². The highest BCUT2D eigenvalue weighted by Gasteiger charge is 2.48. The molecule has 2 rings (SSSR count). The minimum absolute atomic E-state index is 0.0862. The van der Waals surface area contributed by atoms with Crippen molar-refractivity contribution >= 4 is 12.4 Å². The summed E-state index contributed by atoms with van der Waals surface area (Å²) in [4.78, 5) is 23.9. The van der Waals surface area contributed by atoms with Gasteiger partial charge in [0, 0.05) is 11.6 Å². The maximum absolute atomic E-state index is 14.1. The van der Waals surface area contributed by atoms with Gasteiger partial charge in [-0.3, -0.25) is 4.79 Å². The largest absolute Gasteiger partial charge is 0.479 e. The van der Waals surface area contributed by atoms with Crippen LogP contribution in [0.3, 0.4) is 0 Å². The van der Waals surface area contributed by atoms with Gasteiger partial charge in [0.2, 0.25) is 6.41 Å². The van der Waals surface area contributed by atoms with Gasteiger partial charge in [-0.25, -0.2) is 13.6 Å². The summed E-state index contributed by atoms with van der Waals surface area (Å²) in [6, 6.07) is 1.57. The van der Waals surface area contributed by atoms with E-state index < -0.39 is 23.1 Å². The number of rotatable bonds is 5. The molecule has 1 saturated carbocycles. The van der Waals surface area contributed by atoms with Gasteiger partial charge in [0.15, 0.2) is 5.54 Å². The average molecular weight is 283 g/mol. The van der Waals surface area contributed by atoms with Crippen LogP contribution in [0.1, 0.15) is 30.9 Å². The fraction of sp³-hybridized carbons (Fsp3) is 0.429. The molecule has 0 heterocycles. The maximum atomic E-state index is 14.1. The summed E-state index contributed by atoms with van der Waals surface area (Å²) in [5.41, 5.74) is -2.17. The lowest BCUT2D eigenvalue weighted by molar-refractivity contribution is -0.155. The minimum Gasteiger partial charge on any atom is -0.479 e. The number of aryl methyl sites for hydroxylation is 1. The van der Waals surface area contributed by atoms with E-state index in [1.165, 1.54) is 13.8 Å². The molecule has 1 aromatic carbocycles. The van der Waals surface area contributed by atoms with Crippen molar-refractivity contribution in [3.05, 3.63) is 34.9 Å². The van der Waals surface area contributed by atoms with Gasteiger partial charge in [-0.15, -0.1) is 0 Å². The highest BCUT2D eigenvalue weighted by molar-refractivity contribution is 5.83. The summed E-state index contributed by atoms with van der Waals surface area (Å²) in [7, 11) is 0. The monoisotopic (exact) mass is 283 g/mol. The average Bonchev–Trinajstić information content (AvgIpc) is 3.18. The molecule has 1 aliphatic carbocycles. The lowest BCUT2D eigenvalue weighted by Gasteiger charge is -2.36. The number of carboxylic acids is 1. The van der Waals surface area contributed by atoms with Gasteiger partial charge in [-0.1, -0.05) is 0 Å². The second-order valence-corrected chi connectivity index (χ2v) is 5.20. The Bertz CT molecular complexity index is 572. The number of hydrogen-bond donors (Lipinski definition) is 1. The van der Waals surface area contributed by atoms with Crippen molar-refractivity contribution in [2.75, 3.05) is 0 Å². The van der Waals surface area contributed by atoms with E-state index in [2.05, 4.69) is 0 Å². The van der Waals surface area contributed by atoms with E-state index in [1.54, 1.807) is 0 Å². The second-order valence-electron chi connectivity index (χ2n) is 5.20. The van der Waals surface area contributed by atoms with E-state index in [0.717, 1.165) is 17.0 Å². The number of hydrogen-bond acceptors (Lipinski definition) is 2. The fourth-order valence-electron chi connectivity index (χ4n) is 2.29. The van der Waals surface area contributed by atoms with Crippen LogP contribution in [0.15, 0.2) is 12.1 Å². The van der Waals surface area contributed by atoms with Gasteiger partial charge in [-0.05, 0) is 44.4 Å². The topological polar surface area (TPSA) is 57.6 Å². The number of aliphatic carboxylic acids is 1. The maximum Gasteiger partial charge on any atom is 0.334 e. The summed E-state index contributed by atoms with van der Waals surface area (Å²) in [6.07, 6.45) is 1.72. The quantitative estimate of drug-likeness (QED) is 0.843. The zero-order valence-electron chi connectivity index (χ0n) is 11.2. The third kappa shape index (κ3) is 2.15. The van der Waals surface area contributed by atoms with Gasteiger partial charge in [0.05, 0.1) is 0 Å². The number of benzene rings is 1. The van der Waals surface area contributed by atoms with Crippen LogP contribution in [-0.2, 0) is 15.1 Å². The van der Waals surface area contributed by atoms with Gasteiger partial charge < -0.3 is 10.0 Å². The predicted molar refractivity (Wildman–Crippen MR) is 67.0 cm³/mol. The van der Waals surface area contributed by atoms with Crippen LogP contribution >= 0.6 is 0 Å². The Labute approximate surface area is 115 Å². The van der Waals surface area contributed by atoms with Crippen LogP contribution in [0, 0.1) is 18.6 Å². The van der Waals surface area contributed by atoms with E-state index in [1.807, 2.05) is 0 Å². The first-order valence-corrected chi connectivity index (χ1v) is 6.25. The number of halogens is 2. The Hall–Kier alpha value is -1.98. The SMILES string of the molecule is Cc1cc(F)c(C(C)(C(=O)O)N(C=O)C2CC2)cc1F. The van der Waals surface area contributed by atoms with Crippen LogP contribution in [0.25, 0.3) is 0 Å². The van der Waals surface area contributed by atoms with E-state index in [0.29, 0.717) is 19.3 Å². The number of nitrogens with zero attached hydrogens (tertiary/aromatic N) is 1. The zero-order valence-corrected chi connectivity index (χ0v) is 11.2. The molecule has 108 valence electrons. The Morgan fingerprint density at radius 2 is 2.00 bits per heavy atom. The molecule has 1 fully saturated rings. The minimum atomic E-state index is -1.92. The van der Waals surface area contributed by atoms with Crippen molar-refractivity contribution in [3.8, 4) is 0 Å². The molecule has 1 aliphatic rings. The predicted octanol–water partition coefficient (Wildman–Crippen LogP) is 2.19. The first kappa shape index (κ1) is 14.4. The molecule has 4 nitrogen and oxygen atoms in total. The standard InChI is InChI=1S/C14H15F2NO3/c1-8-5-12(16)10(6-11(8)15)14(2,13(19)20)17(7-18)9-3-4-9/h5-7,9H,3-4H2,1-2H3,(H,19,20). The third-order valence-corrected chi connectivity index (χ3v) is 3.76. The number of amides is 1. The van der Waals surface area contributed by atoms with Gasteiger partial charge in [-0.2, -0.15) is 0 Å². The molecule has 1 aromatic rings. The molecule has 20 heavy (non-hydrogen) atoms. The molecule has 0 bridgehead atoms. The molecule has 0 radical (unpaired) electrons. The highest BCUT2D eigenvalue weighted by atomic mass is 19.1. The summed E-state index contributed by atoms with van der Waals surface area (Å²) in [5.74, 6) is -2.92. The molecule has 1 N–H and O–H groups in total. The summed E-state index contributed by atoms with van der Waals surface area (Å²) < 4.78 is 27.8. The number of carbonyl (C=O) groups is 2. The summed E-state index contributed by atoms with van der Waals surface area (Å²) in [5, 5.41) is 9.46. The zero-order chi connectivity index (χ0) is 15.1. The fourth-order valence-corrected chi connectivity index (χ4v) is 2.29. The normalized spacial score (nSPS) is 17.4. The van der Waals surface area contributed by atoms with Crippen LogP contribution < -0.4 is 0 Å². The van der Waals surface area contributed by atoms with E-state index in [9.17, 15) is 23.5 Å². The highest BCUT2D eigenvalue weighted by Crippen LogP contribution is 2.39. The lowest BCUT2D eigenvalue weighted by atomic mass is 9.88. The Balaban J connectivity index is 2.61. The molecule has 1 amide bonds. The van der Waals surface area contributed by atoms with Crippen LogP contribution in [0.2, 0.25) is 0 Å². The first-order chi connectivity index (χ1) is 9.32. The van der Waals surface area contributed by atoms with E-state index in [4.69, 9.17) is 0 Å². The van der Waals surface area contributed by atoms with Crippen molar-refractivity contribution in [2.45, 2.75) is 38.3 Å². The molecule has 6 heteroatoms. The van der Waals surface area contributed by atoms with Crippen LogP contribution in [-0.4, -0.2) is 28.4 Å². The van der Waals surface area contributed by atoms with Crippen molar-refractivity contribution in [2.24, 2.45) is 0 Å². The molecule has 0 saturated heterocycles. The molecular formula is C14H15F2NO3. The molecule has 1 atom stereocenters. The Kier molecular flexibility index (Phi) is 3.50. The first-order valence-electron chi connectivity index (χ1n) is 6.25. The van der Waals surface area contributed by atoms with Crippen LogP contribution in [0.5, 0.6) is 0 Å².